The van der Waals surface area contributed by atoms with Crippen LogP contribution < -0.4 is 5.32 Å². The predicted molar refractivity (Wildman–Crippen MR) is 61.1 cm³/mol. The first kappa shape index (κ1) is 14.0. The van der Waals surface area contributed by atoms with Crippen LogP contribution >= 0.6 is 0 Å². The molecule has 1 atom stereocenters. The number of alkyl halides is 3. The number of carbonyl (C=O) groups is 1. The first-order chi connectivity index (χ1) is 8.85. The van der Waals surface area contributed by atoms with Crippen molar-refractivity contribution in [2.75, 3.05) is 13.1 Å². The van der Waals surface area contributed by atoms with Crippen molar-refractivity contribution in [2.24, 2.45) is 5.41 Å². The third-order valence-corrected chi connectivity index (χ3v) is 3.51. The van der Waals surface area contributed by atoms with Crippen molar-refractivity contribution in [3.8, 4) is 0 Å². The predicted octanol–water partition coefficient (Wildman–Crippen LogP) is 2.48. The molecule has 0 spiro atoms. The molecule has 1 fully saturated rings. The molecule has 0 aromatic heterocycles. The lowest BCUT2D eigenvalue weighted by molar-refractivity contribution is -0.214. The Bertz CT molecular complexity index is 461. The van der Waals surface area contributed by atoms with Gasteiger partial charge in [-0.3, -0.25) is 4.79 Å². The number of hydrogen-bond donors (Lipinski definition) is 1. The Kier molecular flexibility index (Phi) is 3.62. The number of ketones is 1. The van der Waals surface area contributed by atoms with Crippen LogP contribution in [0.15, 0.2) is 24.3 Å². The van der Waals surface area contributed by atoms with Crippen LogP contribution in [0.25, 0.3) is 0 Å². The molecular weight excluding hydrogens is 262 g/mol. The Morgan fingerprint density at radius 2 is 1.89 bits per heavy atom. The van der Waals surface area contributed by atoms with E-state index in [1.54, 1.807) is 0 Å². The molecule has 19 heavy (non-hydrogen) atoms. The van der Waals surface area contributed by atoms with Gasteiger partial charge in [-0.2, -0.15) is 13.2 Å². The summed E-state index contributed by atoms with van der Waals surface area (Å²) in [7, 11) is 0. The molecule has 1 heterocycles. The second-order valence-corrected chi connectivity index (χ2v) is 4.73. The average molecular weight is 275 g/mol. The minimum Gasteiger partial charge on any atom is -0.315 e. The van der Waals surface area contributed by atoms with Gasteiger partial charge in [-0.25, -0.2) is 4.39 Å². The molecule has 2 nitrogen and oxygen atoms in total. The van der Waals surface area contributed by atoms with Crippen molar-refractivity contribution >= 4 is 5.78 Å². The van der Waals surface area contributed by atoms with Gasteiger partial charge < -0.3 is 5.32 Å². The van der Waals surface area contributed by atoms with Gasteiger partial charge in [0.2, 0.25) is 0 Å². The lowest BCUT2D eigenvalue weighted by Crippen LogP contribution is -2.47. The van der Waals surface area contributed by atoms with Gasteiger partial charge in [0, 0.05) is 13.0 Å². The third kappa shape index (κ3) is 2.63. The van der Waals surface area contributed by atoms with Crippen LogP contribution in [0.4, 0.5) is 17.6 Å². The zero-order valence-corrected chi connectivity index (χ0v) is 10.1. The maximum atomic E-state index is 13.1. The van der Waals surface area contributed by atoms with Gasteiger partial charge in [0.05, 0.1) is 0 Å². The van der Waals surface area contributed by atoms with E-state index in [-0.39, 0.29) is 25.9 Å². The maximum Gasteiger partial charge on any atom is 0.402 e. The summed E-state index contributed by atoms with van der Waals surface area (Å²) in [5.74, 6) is -1.35. The Morgan fingerprint density at radius 1 is 1.26 bits per heavy atom. The number of Topliss-reactive ketones (excluding diaryl/α,β-unsaturated/α-hetero) is 1. The van der Waals surface area contributed by atoms with E-state index in [1.165, 1.54) is 12.1 Å². The van der Waals surface area contributed by atoms with Crippen LogP contribution in [-0.2, 0) is 11.2 Å². The largest absolute Gasteiger partial charge is 0.402 e. The van der Waals surface area contributed by atoms with Crippen LogP contribution in [0.2, 0.25) is 0 Å². The van der Waals surface area contributed by atoms with Gasteiger partial charge in [-0.05, 0) is 30.7 Å². The van der Waals surface area contributed by atoms with Crippen molar-refractivity contribution in [1.82, 2.24) is 5.32 Å². The van der Waals surface area contributed by atoms with E-state index < -0.39 is 23.2 Å². The minimum atomic E-state index is -4.56. The average Bonchev–Trinajstić information content (AvgIpc) is 2.82. The zero-order valence-electron chi connectivity index (χ0n) is 10.1. The van der Waals surface area contributed by atoms with Crippen molar-refractivity contribution < 1.29 is 22.4 Å². The highest BCUT2D eigenvalue weighted by atomic mass is 19.4. The summed E-state index contributed by atoms with van der Waals surface area (Å²) in [5, 5.41) is 2.59. The number of nitrogens with one attached hydrogen (secondary N) is 1. The molecule has 1 aromatic rings. The lowest BCUT2D eigenvalue weighted by atomic mass is 9.79. The highest BCUT2D eigenvalue weighted by Gasteiger charge is 2.60. The molecule has 0 amide bonds. The Morgan fingerprint density at radius 3 is 2.37 bits per heavy atom. The molecule has 0 aliphatic carbocycles. The highest BCUT2D eigenvalue weighted by Crippen LogP contribution is 2.44. The van der Waals surface area contributed by atoms with Crippen molar-refractivity contribution in [2.45, 2.75) is 19.0 Å². The molecule has 2 rings (SSSR count). The van der Waals surface area contributed by atoms with Crippen molar-refractivity contribution in [3.05, 3.63) is 35.6 Å². The van der Waals surface area contributed by atoms with Crippen LogP contribution in [-0.4, -0.2) is 25.0 Å². The molecule has 1 aliphatic heterocycles. The number of hydrogen-bond acceptors (Lipinski definition) is 2. The molecule has 1 aromatic carbocycles. The van der Waals surface area contributed by atoms with Gasteiger partial charge >= 0.3 is 6.18 Å². The van der Waals surface area contributed by atoms with Crippen LogP contribution in [0.3, 0.4) is 0 Å². The quantitative estimate of drug-likeness (QED) is 0.859. The van der Waals surface area contributed by atoms with Crippen molar-refractivity contribution in [3.63, 3.8) is 0 Å². The normalized spacial score (nSPS) is 23.6. The van der Waals surface area contributed by atoms with Gasteiger partial charge in [0.1, 0.15) is 11.2 Å². The maximum absolute atomic E-state index is 13.1. The molecule has 0 bridgehead atoms. The summed E-state index contributed by atoms with van der Waals surface area (Å²) in [6.45, 7) is -0.203. The van der Waals surface area contributed by atoms with Crippen LogP contribution in [0.1, 0.15) is 12.0 Å². The fraction of sp³-hybridized carbons (Fsp3) is 0.462. The fourth-order valence-electron chi connectivity index (χ4n) is 2.29. The first-order valence-electron chi connectivity index (χ1n) is 5.90. The lowest BCUT2D eigenvalue weighted by Gasteiger charge is -2.29. The molecule has 1 N–H and O–H groups in total. The summed E-state index contributed by atoms with van der Waals surface area (Å²) < 4.78 is 52.1. The second-order valence-electron chi connectivity index (χ2n) is 4.73. The van der Waals surface area contributed by atoms with E-state index in [9.17, 15) is 22.4 Å². The number of benzene rings is 1. The summed E-state index contributed by atoms with van der Waals surface area (Å²) in [5.41, 5.74) is -1.91. The second kappa shape index (κ2) is 4.92. The van der Waals surface area contributed by atoms with Crippen LogP contribution in [0.5, 0.6) is 0 Å². The summed E-state index contributed by atoms with van der Waals surface area (Å²) in [4.78, 5) is 12.0. The SMILES string of the molecule is O=C(Cc1ccc(F)cc1)C1(C(F)(F)F)CCNC1. The number of rotatable bonds is 3. The fourth-order valence-corrected chi connectivity index (χ4v) is 2.29. The molecule has 0 radical (unpaired) electrons. The van der Waals surface area contributed by atoms with E-state index in [0.29, 0.717) is 5.56 Å². The van der Waals surface area contributed by atoms with Crippen LogP contribution in [0, 0.1) is 11.2 Å². The molecule has 1 aliphatic rings. The Balaban J connectivity index is 2.19. The van der Waals surface area contributed by atoms with Gasteiger partial charge in [-0.1, -0.05) is 12.1 Å². The van der Waals surface area contributed by atoms with Gasteiger partial charge in [0.15, 0.2) is 5.78 Å². The molecule has 1 unspecified atom stereocenters. The molecule has 104 valence electrons. The topological polar surface area (TPSA) is 29.1 Å². The monoisotopic (exact) mass is 275 g/mol. The standard InChI is InChI=1S/C13H13F4NO/c14-10-3-1-9(2-4-10)7-11(19)12(13(15,16)17)5-6-18-8-12/h1-4,18H,5-8H2. The smallest absolute Gasteiger partial charge is 0.315 e. The summed E-state index contributed by atoms with van der Waals surface area (Å²) in [6.07, 6.45) is -5.13. The minimum absolute atomic E-state index is 0.175. The zero-order chi connectivity index (χ0) is 14.1. The Hall–Kier alpha value is -1.43. The van der Waals surface area contributed by atoms with E-state index in [0.717, 1.165) is 12.1 Å². The van der Waals surface area contributed by atoms with E-state index in [4.69, 9.17) is 0 Å². The summed E-state index contributed by atoms with van der Waals surface area (Å²) in [6, 6.07) is 4.94. The van der Waals surface area contributed by atoms with Gasteiger partial charge in [-0.15, -0.1) is 0 Å². The first-order valence-corrected chi connectivity index (χ1v) is 5.90. The summed E-state index contributed by atoms with van der Waals surface area (Å²) >= 11 is 0. The molecular formula is C13H13F4NO. The Labute approximate surface area is 107 Å². The van der Waals surface area contributed by atoms with Gasteiger partial charge in [0.25, 0.3) is 0 Å². The molecule has 0 saturated carbocycles. The molecule has 1 saturated heterocycles. The number of carbonyl (C=O) groups excluding carboxylic acids is 1. The van der Waals surface area contributed by atoms with E-state index >= 15 is 0 Å². The van der Waals surface area contributed by atoms with Crippen molar-refractivity contribution in [1.29, 1.82) is 0 Å². The molecule has 6 heteroatoms. The highest BCUT2D eigenvalue weighted by molar-refractivity contribution is 5.88. The van der Waals surface area contributed by atoms with E-state index in [1.807, 2.05) is 0 Å². The number of halogens is 4. The van der Waals surface area contributed by atoms with E-state index in [2.05, 4.69) is 5.32 Å². The third-order valence-electron chi connectivity index (χ3n) is 3.51.